The van der Waals surface area contributed by atoms with Crippen LogP contribution in [0, 0.1) is 0 Å². The van der Waals surface area contributed by atoms with Crippen molar-refractivity contribution in [2.45, 2.75) is 24.8 Å². The fraction of sp³-hybridized carbons (Fsp3) is 0.364. The molecule has 3 nitrogen and oxygen atoms in total. The number of carbonyl (C=O) groups excluding carboxylic acids is 1. The second-order valence-electron chi connectivity index (χ2n) is 4.07. The van der Waals surface area contributed by atoms with Gasteiger partial charge in [0.05, 0.1) is 0 Å². The average Bonchev–Trinajstić information content (AvgIpc) is 2.26. The first kappa shape index (κ1) is 16.1. The lowest BCUT2D eigenvalue weighted by atomic mass is 10.0. The lowest BCUT2D eigenvalue weighted by molar-refractivity contribution is -0.297. The molecule has 0 aliphatic rings. The van der Waals surface area contributed by atoms with Crippen molar-refractivity contribution in [1.82, 2.24) is 5.32 Å². The summed E-state index contributed by atoms with van der Waals surface area (Å²) in [4.78, 5) is 11.3. The molecule has 20 heavy (non-hydrogen) atoms. The average molecular weight is 300 g/mol. The van der Waals surface area contributed by atoms with E-state index in [9.17, 15) is 31.1 Å². The number of benzene rings is 1. The lowest BCUT2D eigenvalue weighted by Crippen LogP contribution is -2.66. The van der Waals surface area contributed by atoms with Crippen molar-refractivity contribution < 1.29 is 31.1 Å². The number of hydrogen-bond donors (Lipinski definition) is 2. The maximum atomic E-state index is 12.5. The molecule has 9 heteroatoms. The van der Waals surface area contributed by atoms with E-state index >= 15 is 0 Å². The van der Waals surface area contributed by atoms with Crippen LogP contribution in [0.2, 0.25) is 0 Å². The molecule has 112 valence electrons. The van der Waals surface area contributed by atoms with E-state index in [-0.39, 0.29) is 12.6 Å². The maximum Gasteiger partial charge on any atom is 0.420 e. The molecular formula is C11H10F6N2O. The molecule has 0 spiro atoms. The van der Waals surface area contributed by atoms with Gasteiger partial charge in [-0.1, -0.05) is 18.2 Å². The molecule has 2 N–H and O–H groups in total. The van der Waals surface area contributed by atoms with Crippen LogP contribution in [0.3, 0.4) is 0 Å². The van der Waals surface area contributed by atoms with Gasteiger partial charge < -0.3 is 10.6 Å². The predicted octanol–water partition coefficient (Wildman–Crippen LogP) is 3.69. The summed E-state index contributed by atoms with van der Waals surface area (Å²) in [5.41, 5.74) is -4.27. The summed E-state index contributed by atoms with van der Waals surface area (Å²) in [5.74, 6) is 0. The highest BCUT2D eigenvalue weighted by Gasteiger charge is 2.68. The van der Waals surface area contributed by atoms with Gasteiger partial charge in [0.1, 0.15) is 0 Å². The molecular weight excluding hydrogens is 290 g/mol. The molecule has 0 saturated heterocycles. The SMILES string of the molecule is CC(NC(=O)Nc1ccccc1)(C(F)(F)F)C(F)(F)F. The Kier molecular flexibility index (Phi) is 4.21. The first-order valence-electron chi connectivity index (χ1n) is 5.25. The summed E-state index contributed by atoms with van der Waals surface area (Å²) in [6.07, 6.45) is -11.4. The molecule has 0 aliphatic carbocycles. The number of rotatable bonds is 2. The van der Waals surface area contributed by atoms with Gasteiger partial charge in [0, 0.05) is 5.69 Å². The number of para-hydroxylation sites is 1. The van der Waals surface area contributed by atoms with Gasteiger partial charge in [0.15, 0.2) is 0 Å². The molecule has 0 bridgehead atoms. The van der Waals surface area contributed by atoms with Crippen LogP contribution in [0.1, 0.15) is 6.92 Å². The van der Waals surface area contributed by atoms with E-state index in [1.54, 1.807) is 6.07 Å². The molecule has 0 saturated carbocycles. The van der Waals surface area contributed by atoms with E-state index in [2.05, 4.69) is 0 Å². The van der Waals surface area contributed by atoms with Crippen LogP contribution in [0.5, 0.6) is 0 Å². The molecule has 0 aromatic heterocycles. The Hall–Kier alpha value is -1.93. The van der Waals surface area contributed by atoms with Gasteiger partial charge >= 0.3 is 18.4 Å². The highest BCUT2D eigenvalue weighted by Crippen LogP contribution is 2.42. The third kappa shape index (κ3) is 3.34. The number of anilines is 1. The third-order valence-corrected chi connectivity index (χ3v) is 2.53. The molecule has 1 aromatic rings. The minimum absolute atomic E-state index is 0.0664. The van der Waals surface area contributed by atoms with E-state index in [1.165, 1.54) is 24.3 Å². The van der Waals surface area contributed by atoms with Gasteiger partial charge in [-0.25, -0.2) is 4.79 Å². The van der Waals surface area contributed by atoms with Gasteiger partial charge in [0.2, 0.25) is 5.54 Å². The van der Waals surface area contributed by atoms with E-state index < -0.39 is 23.9 Å². The molecule has 0 aliphatic heterocycles. The van der Waals surface area contributed by atoms with E-state index in [1.807, 2.05) is 5.32 Å². The molecule has 1 rings (SSSR count). The summed E-state index contributed by atoms with van der Waals surface area (Å²) in [6.45, 7) is -0.141. The van der Waals surface area contributed by atoms with Gasteiger partial charge in [-0.15, -0.1) is 0 Å². The lowest BCUT2D eigenvalue weighted by Gasteiger charge is -2.34. The Bertz CT molecular complexity index is 454. The van der Waals surface area contributed by atoms with E-state index in [4.69, 9.17) is 0 Å². The summed E-state index contributed by atoms with van der Waals surface area (Å²) < 4.78 is 75.2. The number of halogens is 6. The second kappa shape index (κ2) is 5.22. The number of carbonyl (C=O) groups is 1. The Morgan fingerprint density at radius 1 is 0.950 bits per heavy atom. The van der Waals surface area contributed by atoms with Crippen molar-refractivity contribution in [3.63, 3.8) is 0 Å². The molecule has 1 aromatic carbocycles. The summed E-state index contributed by atoms with van der Waals surface area (Å²) in [5, 5.41) is 2.81. The van der Waals surface area contributed by atoms with Crippen molar-refractivity contribution in [2.24, 2.45) is 0 Å². The zero-order chi connectivity index (χ0) is 15.6. The molecule has 0 atom stereocenters. The van der Waals surface area contributed by atoms with Gasteiger partial charge in [0.25, 0.3) is 0 Å². The monoisotopic (exact) mass is 300 g/mol. The number of hydrogen-bond acceptors (Lipinski definition) is 1. The van der Waals surface area contributed by atoms with Crippen molar-refractivity contribution in [1.29, 1.82) is 0 Å². The smallest absolute Gasteiger partial charge is 0.316 e. The van der Waals surface area contributed by atoms with Crippen molar-refractivity contribution >= 4 is 11.7 Å². The minimum atomic E-state index is -5.68. The standard InChI is InChI=1S/C11H10F6N2O/c1-9(10(12,13)14,11(15,16)17)19-8(20)18-7-5-3-2-4-6-7/h2-6H,1H3,(H2,18,19,20). The van der Waals surface area contributed by atoms with E-state index in [0.717, 1.165) is 5.32 Å². The molecule has 0 fully saturated rings. The van der Waals surface area contributed by atoms with Crippen molar-refractivity contribution in [3.8, 4) is 0 Å². The number of nitrogens with one attached hydrogen (secondary N) is 2. The van der Waals surface area contributed by atoms with Crippen molar-refractivity contribution in [3.05, 3.63) is 30.3 Å². The fourth-order valence-corrected chi connectivity index (χ4v) is 1.21. The van der Waals surface area contributed by atoms with Gasteiger partial charge in [-0.3, -0.25) is 0 Å². The Balaban J connectivity index is 2.90. The van der Waals surface area contributed by atoms with E-state index in [0.29, 0.717) is 0 Å². The van der Waals surface area contributed by atoms with Crippen LogP contribution in [-0.2, 0) is 0 Å². The maximum absolute atomic E-state index is 12.5. The number of alkyl halides is 6. The molecule has 0 unspecified atom stereocenters. The fourth-order valence-electron chi connectivity index (χ4n) is 1.21. The first-order valence-corrected chi connectivity index (χ1v) is 5.25. The highest BCUT2D eigenvalue weighted by atomic mass is 19.4. The van der Waals surface area contributed by atoms with Gasteiger partial charge in [-0.2, -0.15) is 26.3 Å². The number of urea groups is 1. The summed E-state index contributed by atoms with van der Waals surface area (Å²) >= 11 is 0. The van der Waals surface area contributed by atoms with Crippen LogP contribution in [0.15, 0.2) is 30.3 Å². The largest absolute Gasteiger partial charge is 0.420 e. The van der Waals surface area contributed by atoms with Crippen molar-refractivity contribution in [2.75, 3.05) is 5.32 Å². The minimum Gasteiger partial charge on any atom is -0.316 e. The predicted molar refractivity (Wildman–Crippen MR) is 59.1 cm³/mol. The zero-order valence-electron chi connectivity index (χ0n) is 10.1. The quantitative estimate of drug-likeness (QED) is 0.804. The van der Waals surface area contributed by atoms with Crippen LogP contribution < -0.4 is 10.6 Å². The summed E-state index contributed by atoms with van der Waals surface area (Å²) in [7, 11) is 0. The topological polar surface area (TPSA) is 41.1 Å². The molecule has 0 radical (unpaired) electrons. The van der Waals surface area contributed by atoms with Gasteiger partial charge in [-0.05, 0) is 19.1 Å². The second-order valence-corrected chi connectivity index (χ2v) is 4.07. The third-order valence-electron chi connectivity index (χ3n) is 2.53. The number of amides is 2. The Morgan fingerprint density at radius 2 is 1.40 bits per heavy atom. The first-order chi connectivity index (χ1) is 8.97. The Morgan fingerprint density at radius 3 is 1.80 bits per heavy atom. The molecule has 2 amide bonds. The molecule has 0 heterocycles. The zero-order valence-corrected chi connectivity index (χ0v) is 10.1. The normalized spacial score (nSPS) is 12.9. The van der Waals surface area contributed by atoms with Crippen LogP contribution >= 0.6 is 0 Å². The van der Waals surface area contributed by atoms with Crippen LogP contribution in [-0.4, -0.2) is 23.9 Å². The highest BCUT2D eigenvalue weighted by molar-refractivity contribution is 5.89. The van der Waals surface area contributed by atoms with Crippen LogP contribution in [0.25, 0.3) is 0 Å². The van der Waals surface area contributed by atoms with Crippen LogP contribution in [0.4, 0.5) is 36.8 Å². The Labute approximate surface area is 110 Å². The summed E-state index contributed by atoms with van der Waals surface area (Å²) in [6, 6.07) is 5.52.